The second kappa shape index (κ2) is 3.32. The van der Waals surface area contributed by atoms with Gasteiger partial charge < -0.3 is 0 Å². The van der Waals surface area contributed by atoms with Gasteiger partial charge in [0.25, 0.3) is 0 Å². The van der Waals surface area contributed by atoms with Gasteiger partial charge in [-0.3, -0.25) is 9.78 Å². The molecule has 0 radical (unpaired) electrons. The normalized spacial score (nSPS) is 16.5. The standard InChI is InChI=1S/C10H8F3NO/c11-10(12,13)8-4-3-7(5-14-8)9(15)6-1-2-6/h3-6H,1-2H2. The van der Waals surface area contributed by atoms with Crippen LogP contribution in [0.2, 0.25) is 0 Å². The van der Waals surface area contributed by atoms with Crippen LogP contribution in [-0.2, 0) is 6.18 Å². The van der Waals surface area contributed by atoms with Crippen LogP contribution in [0.3, 0.4) is 0 Å². The maximum atomic E-state index is 12.1. The smallest absolute Gasteiger partial charge is 0.294 e. The molecule has 1 aliphatic carbocycles. The highest BCUT2D eigenvalue weighted by Crippen LogP contribution is 2.33. The number of halogens is 3. The van der Waals surface area contributed by atoms with Gasteiger partial charge in [-0.2, -0.15) is 13.2 Å². The van der Waals surface area contributed by atoms with E-state index in [1.807, 2.05) is 0 Å². The zero-order valence-corrected chi connectivity index (χ0v) is 7.71. The number of carbonyl (C=O) groups is 1. The quantitative estimate of drug-likeness (QED) is 0.710. The third-order valence-electron chi connectivity index (χ3n) is 2.29. The van der Waals surface area contributed by atoms with Crippen molar-refractivity contribution in [2.75, 3.05) is 0 Å². The van der Waals surface area contributed by atoms with Crippen molar-refractivity contribution < 1.29 is 18.0 Å². The minimum absolute atomic E-state index is 0.00327. The number of alkyl halides is 3. The molecule has 1 aromatic rings. The van der Waals surface area contributed by atoms with E-state index >= 15 is 0 Å². The van der Waals surface area contributed by atoms with Crippen molar-refractivity contribution in [1.29, 1.82) is 0 Å². The van der Waals surface area contributed by atoms with Crippen LogP contribution in [0.4, 0.5) is 13.2 Å². The van der Waals surface area contributed by atoms with Crippen molar-refractivity contribution >= 4 is 5.78 Å². The summed E-state index contributed by atoms with van der Waals surface area (Å²) >= 11 is 0. The summed E-state index contributed by atoms with van der Waals surface area (Å²) in [6, 6.07) is 2.03. The van der Waals surface area contributed by atoms with E-state index in [0.29, 0.717) is 0 Å². The molecule has 0 aromatic carbocycles. The highest BCUT2D eigenvalue weighted by Gasteiger charge is 2.34. The summed E-state index contributed by atoms with van der Waals surface area (Å²) < 4.78 is 36.4. The maximum Gasteiger partial charge on any atom is 0.433 e. The van der Waals surface area contributed by atoms with Crippen LogP contribution in [0.15, 0.2) is 18.3 Å². The molecule has 0 spiro atoms. The summed E-state index contributed by atoms with van der Waals surface area (Å²) in [6.07, 6.45) is -1.77. The first-order valence-corrected chi connectivity index (χ1v) is 4.56. The summed E-state index contributed by atoms with van der Waals surface area (Å²) in [7, 11) is 0. The van der Waals surface area contributed by atoms with Gasteiger partial charge in [-0.05, 0) is 25.0 Å². The van der Waals surface area contributed by atoms with Gasteiger partial charge in [0, 0.05) is 17.7 Å². The van der Waals surface area contributed by atoms with E-state index in [2.05, 4.69) is 4.98 Å². The fraction of sp³-hybridized carbons (Fsp3) is 0.400. The van der Waals surface area contributed by atoms with Gasteiger partial charge >= 0.3 is 6.18 Å². The molecule has 0 saturated heterocycles. The van der Waals surface area contributed by atoms with E-state index in [4.69, 9.17) is 0 Å². The Hall–Kier alpha value is -1.39. The van der Waals surface area contributed by atoms with Gasteiger partial charge in [-0.15, -0.1) is 0 Å². The van der Waals surface area contributed by atoms with Crippen molar-refractivity contribution in [3.8, 4) is 0 Å². The lowest BCUT2D eigenvalue weighted by atomic mass is 10.1. The lowest BCUT2D eigenvalue weighted by Crippen LogP contribution is -2.09. The SMILES string of the molecule is O=C(c1ccc(C(F)(F)F)nc1)C1CC1. The predicted molar refractivity (Wildman–Crippen MR) is 46.3 cm³/mol. The van der Waals surface area contributed by atoms with Crippen molar-refractivity contribution in [3.63, 3.8) is 0 Å². The number of Topliss-reactive ketones (excluding diaryl/α,β-unsaturated/α-hetero) is 1. The second-order valence-corrected chi connectivity index (χ2v) is 3.57. The van der Waals surface area contributed by atoms with Crippen molar-refractivity contribution in [1.82, 2.24) is 4.98 Å². The van der Waals surface area contributed by atoms with E-state index in [1.165, 1.54) is 6.07 Å². The van der Waals surface area contributed by atoms with Crippen LogP contribution in [0.1, 0.15) is 28.9 Å². The number of nitrogens with zero attached hydrogens (tertiary/aromatic N) is 1. The first kappa shape index (κ1) is 10.1. The molecule has 0 unspecified atom stereocenters. The van der Waals surface area contributed by atoms with Crippen LogP contribution in [0.5, 0.6) is 0 Å². The molecule has 5 heteroatoms. The molecule has 0 aliphatic heterocycles. The molecule has 0 amide bonds. The Kier molecular flexibility index (Phi) is 2.25. The summed E-state index contributed by atoms with van der Waals surface area (Å²) in [6.45, 7) is 0. The van der Waals surface area contributed by atoms with Gasteiger partial charge in [0.15, 0.2) is 5.78 Å². The predicted octanol–water partition coefficient (Wildman–Crippen LogP) is 2.69. The number of pyridine rings is 1. The number of hydrogen-bond acceptors (Lipinski definition) is 2. The monoisotopic (exact) mass is 215 g/mol. The molecule has 1 aromatic heterocycles. The second-order valence-electron chi connectivity index (χ2n) is 3.57. The van der Waals surface area contributed by atoms with E-state index in [0.717, 1.165) is 25.1 Å². The molecule has 0 bridgehead atoms. The number of aromatic nitrogens is 1. The van der Waals surface area contributed by atoms with Gasteiger partial charge in [-0.1, -0.05) is 0 Å². The lowest BCUT2D eigenvalue weighted by Gasteiger charge is -2.05. The summed E-state index contributed by atoms with van der Waals surface area (Å²) in [5, 5.41) is 0. The number of rotatable bonds is 2. The Morgan fingerprint density at radius 3 is 2.40 bits per heavy atom. The van der Waals surface area contributed by atoms with E-state index in [-0.39, 0.29) is 17.3 Å². The van der Waals surface area contributed by atoms with Gasteiger partial charge in [-0.25, -0.2) is 0 Å². The van der Waals surface area contributed by atoms with Crippen molar-refractivity contribution in [2.24, 2.45) is 5.92 Å². The molecule has 0 atom stereocenters. The molecule has 80 valence electrons. The van der Waals surface area contributed by atoms with Gasteiger partial charge in [0.1, 0.15) is 5.69 Å². The molecular formula is C10H8F3NO. The topological polar surface area (TPSA) is 30.0 Å². The molecule has 15 heavy (non-hydrogen) atoms. The van der Waals surface area contributed by atoms with Crippen LogP contribution in [0.25, 0.3) is 0 Å². The molecule has 1 heterocycles. The molecule has 2 rings (SSSR count). The number of hydrogen-bond donors (Lipinski definition) is 0. The Balaban J connectivity index is 2.20. The van der Waals surface area contributed by atoms with E-state index in [9.17, 15) is 18.0 Å². The Morgan fingerprint density at radius 1 is 1.33 bits per heavy atom. The zero-order chi connectivity index (χ0) is 11.1. The zero-order valence-electron chi connectivity index (χ0n) is 7.71. The molecule has 1 aliphatic rings. The van der Waals surface area contributed by atoms with Crippen LogP contribution < -0.4 is 0 Å². The van der Waals surface area contributed by atoms with Gasteiger partial charge in [0.05, 0.1) is 0 Å². The largest absolute Gasteiger partial charge is 0.433 e. The molecule has 1 saturated carbocycles. The highest BCUT2D eigenvalue weighted by molar-refractivity contribution is 5.98. The van der Waals surface area contributed by atoms with Crippen molar-refractivity contribution in [3.05, 3.63) is 29.6 Å². The first-order chi connectivity index (χ1) is 6.98. The van der Waals surface area contributed by atoms with Crippen LogP contribution >= 0.6 is 0 Å². The van der Waals surface area contributed by atoms with Gasteiger partial charge in [0.2, 0.25) is 0 Å². The van der Waals surface area contributed by atoms with Crippen LogP contribution in [0, 0.1) is 5.92 Å². The fourth-order valence-corrected chi connectivity index (χ4v) is 1.29. The highest BCUT2D eigenvalue weighted by atomic mass is 19.4. The third kappa shape index (κ3) is 2.16. The summed E-state index contributed by atoms with van der Waals surface area (Å²) in [5.41, 5.74) is -0.694. The summed E-state index contributed by atoms with van der Waals surface area (Å²) in [5.74, 6) is -0.0974. The molecular weight excluding hydrogens is 207 g/mol. The lowest BCUT2D eigenvalue weighted by molar-refractivity contribution is -0.141. The fourth-order valence-electron chi connectivity index (χ4n) is 1.29. The van der Waals surface area contributed by atoms with Crippen molar-refractivity contribution in [2.45, 2.75) is 19.0 Å². The van der Waals surface area contributed by atoms with E-state index < -0.39 is 11.9 Å². The number of carbonyl (C=O) groups excluding carboxylic acids is 1. The Bertz CT molecular complexity index is 379. The average Bonchev–Trinajstić information content (AvgIpc) is 2.99. The minimum atomic E-state index is -4.44. The molecule has 0 N–H and O–H groups in total. The minimum Gasteiger partial charge on any atom is -0.294 e. The van der Waals surface area contributed by atoms with E-state index in [1.54, 1.807) is 0 Å². The first-order valence-electron chi connectivity index (χ1n) is 4.56. The Labute approximate surface area is 84.1 Å². The molecule has 2 nitrogen and oxygen atoms in total. The third-order valence-corrected chi connectivity index (χ3v) is 2.29. The molecule has 1 fully saturated rings. The Morgan fingerprint density at radius 2 is 2.00 bits per heavy atom. The number of ketones is 1. The average molecular weight is 215 g/mol. The summed E-state index contributed by atoms with van der Waals surface area (Å²) in [4.78, 5) is 14.7. The van der Waals surface area contributed by atoms with Crippen LogP contribution in [-0.4, -0.2) is 10.8 Å². The maximum absolute atomic E-state index is 12.1.